The number of methoxy groups -OCH3 is 1. The van der Waals surface area contributed by atoms with Gasteiger partial charge in [0, 0.05) is 23.4 Å². The molecule has 0 saturated carbocycles. The summed E-state index contributed by atoms with van der Waals surface area (Å²) in [6.45, 7) is 0.522. The smallest absolute Gasteiger partial charge is 0.307 e. The van der Waals surface area contributed by atoms with Crippen LogP contribution in [0.2, 0.25) is 0 Å². The van der Waals surface area contributed by atoms with Crippen LogP contribution in [0.3, 0.4) is 0 Å². The van der Waals surface area contributed by atoms with Crippen LogP contribution in [0.15, 0.2) is 46.3 Å². The third-order valence-corrected chi connectivity index (χ3v) is 5.73. The van der Waals surface area contributed by atoms with E-state index in [2.05, 4.69) is 4.98 Å². The van der Waals surface area contributed by atoms with Gasteiger partial charge in [0.1, 0.15) is 11.6 Å². The first-order valence-corrected chi connectivity index (χ1v) is 10.3. The molecule has 1 aliphatic heterocycles. The van der Waals surface area contributed by atoms with E-state index in [1.165, 1.54) is 35.6 Å². The number of para-hydroxylation sites is 1. The van der Waals surface area contributed by atoms with Crippen molar-refractivity contribution in [3.05, 3.63) is 63.7 Å². The molecular formula is C21H19FN2O5S. The molecule has 2 heterocycles. The standard InChI is InChI=1S/C21H19FN2O5S/c1-27-18(25)6-7-24-20(26)16-4-2-3-5-17(16)23-21(24)30-11-14-9-15(22)8-13-10-28-12-29-19(13)14/h2-5,8-9H,6-7,10-12H2,1H3. The van der Waals surface area contributed by atoms with Crippen LogP contribution >= 0.6 is 11.8 Å². The van der Waals surface area contributed by atoms with Crippen molar-refractivity contribution < 1.29 is 23.4 Å². The van der Waals surface area contributed by atoms with Crippen LogP contribution in [0.25, 0.3) is 10.9 Å². The van der Waals surface area contributed by atoms with Crippen LogP contribution in [-0.4, -0.2) is 29.4 Å². The van der Waals surface area contributed by atoms with Crippen LogP contribution in [-0.2, 0) is 33.2 Å². The topological polar surface area (TPSA) is 79.7 Å². The minimum atomic E-state index is -0.418. The molecule has 0 N–H and O–H groups in total. The summed E-state index contributed by atoms with van der Waals surface area (Å²) in [5.41, 5.74) is 1.62. The van der Waals surface area contributed by atoms with Gasteiger partial charge < -0.3 is 14.2 Å². The molecule has 0 saturated heterocycles. The Hall–Kier alpha value is -2.91. The average molecular weight is 430 g/mol. The van der Waals surface area contributed by atoms with Gasteiger partial charge in [0.15, 0.2) is 11.9 Å². The van der Waals surface area contributed by atoms with E-state index in [9.17, 15) is 14.0 Å². The molecule has 0 bridgehead atoms. The third kappa shape index (κ3) is 4.17. The summed E-state index contributed by atoms with van der Waals surface area (Å²) in [6, 6.07) is 9.83. The van der Waals surface area contributed by atoms with Crippen LogP contribution in [0, 0.1) is 5.82 Å². The number of hydrogen-bond acceptors (Lipinski definition) is 7. The summed E-state index contributed by atoms with van der Waals surface area (Å²) in [5, 5.41) is 0.906. The highest BCUT2D eigenvalue weighted by Gasteiger charge is 2.19. The molecule has 0 aliphatic carbocycles. The van der Waals surface area contributed by atoms with Gasteiger partial charge in [-0.05, 0) is 24.3 Å². The molecule has 4 rings (SSSR count). The Balaban J connectivity index is 1.69. The minimum Gasteiger partial charge on any atom is -0.469 e. The summed E-state index contributed by atoms with van der Waals surface area (Å²) in [5.74, 6) is 0.134. The van der Waals surface area contributed by atoms with E-state index in [1.807, 2.05) is 0 Å². The van der Waals surface area contributed by atoms with Gasteiger partial charge in [-0.25, -0.2) is 9.37 Å². The Bertz CT molecular complexity index is 1160. The van der Waals surface area contributed by atoms with Crippen molar-refractivity contribution >= 4 is 28.6 Å². The number of rotatable bonds is 6. The molecule has 156 valence electrons. The lowest BCUT2D eigenvalue weighted by molar-refractivity contribution is -0.140. The average Bonchev–Trinajstić information content (AvgIpc) is 2.76. The van der Waals surface area contributed by atoms with Gasteiger partial charge >= 0.3 is 5.97 Å². The second-order valence-electron chi connectivity index (χ2n) is 6.65. The van der Waals surface area contributed by atoms with Gasteiger partial charge in [0.2, 0.25) is 0 Å². The molecular weight excluding hydrogens is 411 g/mol. The van der Waals surface area contributed by atoms with E-state index in [4.69, 9.17) is 14.2 Å². The lowest BCUT2D eigenvalue weighted by Crippen LogP contribution is -2.25. The Morgan fingerprint density at radius 3 is 3.00 bits per heavy atom. The zero-order valence-corrected chi connectivity index (χ0v) is 17.0. The lowest BCUT2D eigenvalue weighted by atomic mass is 10.1. The molecule has 0 radical (unpaired) electrons. The van der Waals surface area contributed by atoms with E-state index in [1.54, 1.807) is 24.3 Å². The van der Waals surface area contributed by atoms with E-state index in [0.29, 0.717) is 38.7 Å². The monoisotopic (exact) mass is 430 g/mol. The molecule has 0 amide bonds. The van der Waals surface area contributed by atoms with Crippen molar-refractivity contribution in [3.63, 3.8) is 0 Å². The summed E-state index contributed by atoms with van der Waals surface area (Å²) in [4.78, 5) is 29.2. The second kappa shape index (κ2) is 8.85. The predicted octanol–water partition coefficient (Wildman–Crippen LogP) is 3.26. The number of ether oxygens (including phenoxy) is 3. The molecule has 0 atom stereocenters. The summed E-state index contributed by atoms with van der Waals surface area (Å²) < 4.78 is 31.0. The first-order chi connectivity index (χ1) is 14.6. The Morgan fingerprint density at radius 1 is 1.33 bits per heavy atom. The van der Waals surface area contributed by atoms with Crippen LogP contribution in [0.5, 0.6) is 5.75 Å². The van der Waals surface area contributed by atoms with Crippen LogP contribution in [0.4, 0.5) is 4.39 Å². The van der Waals surface area contributed by atoms with E-state index < -0.39 is 5.97 Å². The number of thioether (sulfide) groups is 1. The highest BCUT2D eigenvalue weighted by Crippen LogP contribution is 2.33. The zero-order chi connectivity index (χ0) is 21.1. The molecule has 0 fully saturated rings. The molecule has 3 aromatic rings. The number of halogens is 1. The first kappa shape index (κ1) is 20.4. The maximum absolute atomic E-state index is 14.0. The molecule has 2 aromatic carbocycles. The summed E-state index contributed by atoms with van der Waals surface area (Å²) >= 11 is 1.28. The number of hydrogen-bond donors (Lipinski definition) is 0. The number of aromatic nitrogens is 2. The second-order valence-corrected chi connectivity index (χ2v) is 7.59. The first-order valence-electron chi connectivity index (χ1n) is 9.28. The van der Waals surface area contributed by atoms with Gasteiger partial charge in [-0.15, -0.1) is 0 Å². The molecule has 0 unspecified atom stereocenters. The van der Waals surface area contributed by atoms with Gasteiger partial charge in [-0.2, -0.15) is 0 Å². The predicted molar refractivity (Wildman–Crippen MR) is 109 cm³/mol. The van der Waals surface area contributed by atoms with Crippen molar-refractivity contribution in [3.8, 4) is 5.75 Å². The third-order valence-electron chi connectivity index (χ3n) is 4.70. The molecule has 30 heavy (non-hydrogen) atoms. The molecule has 0 spiro atoms. The minimum absolute atomic E-state index is 0.0415. The van der Waals surface area contributed by atoms with Gasteiger partial charge in [0.25, 0.3) is 5.56 Å². The SMILES string of the molecule is COC(=O)CCn1c(SCc2cc(F)cc3c2OCOC3)nc2ccccc2c1=O. The fraction of sp³-hybridized carbons (Fsp3) is 0.286. The quantitative estimate of drug-likeness (QED) is 0.337. The van der Waals surface area contributed by atoms with Gasteiger partial charge in [-0.1, -0.05) is 23.9 Å². The normalized spacial score (nSPS) is 13.0. The molecule has 7 nitrogen and oxygen atoms in total. The zero-order valence-electron chi connectivity index (χ0n) is 16.2. The number of fused-ring (bicyclic) bond motifs is 2. The van der Waals surface area contributed by atoms with Crippen molar-refractivity contribution in [2.75, 3.05) is 13.9 Å². The summed E-state index contributed by atoms with van der Waals surface area (Å²) in [7, 11) is 1.30. The Morgan fingerprint density at radius 2 is 2.17 bits per heavy atom. The molecule has 1 aliphatic rings. The van der Waals surface area contributed by atoms with Crippen LogP contribution in [0.1, 0.15) is 17.5 Å². The highest BCUT2D eigenvalue weighted by atomic mass is 32.2. The van der Waals surface area contributed by atoms with Crippen LogP contribution < -0.4 is 10.3 Å². The number of carbonyl (C=O) groups excluding carboxylic acids is 1. The van der Waals surface area contributed by atoms with Gasteiger partial charge in [0.05, 0.1) is 31.0 Å². The maximum Gasteiger partial charge on any atom is 0.307 e. The Labute approximate surface area is 175 Å². The maximum atomic E-state index is 14.0. The highest BCUT2D eigenvalue weighted by molar-refractivity contribution is 7.98. The number of benzene rings is 2. The fourth-order valence-electron chi connectivity index (χ4n) is 3.27. The summed E-state index contributed by atoms with van der Waals surface area (Å²) in [6.07, 6.45) is 0.0415. The van der Waals surface area contributed by atoms with Crippen molar-refractivity contribution in [1.29, 1.82) is 0 Å². The fourth-order valence-corrected chi connectivity index (χ4v) is 4.26. The lowest BCUT2D eigenvalue weighted by Gasteiger charge is -2.21. The van der Waals surface area contributed by atoms with Gasteiger partial charge in [-0.3, -0.25) is 14.2 Å². The number of nitrogens with zero attached hydrogens (tertiary/aromatic N) is 2. The van der Waals surface area contributed by atoms with Crippen molar-refractivity contribution in [1.82, 2.24) is 9.55 Å². The Kier molecular flexibility index (Phi) is 6.01. The van der Waals surface area contributed by atoms with E-state index in [-0.39, 0.29) is 37.7 Å². The number of esters is 1. The van der Waals surface area contributed by atoms with E-state index in [0.717, 1.165) is 0 Å². The molecule has 1 aromatic heterocycles. The van der Waals surface area contributed by atoms with Crippen molar-refractivity contribution in [2.45, 2.75) is 30.5 Å². The van der Waals surface area contributed by atoms with E-state index >= 15 is 0 Å². The number of carbonyl (C=O) groups is 1. The van der Waals surface area contributed by atoms with Crippen molar-refractivity contribution in [2.24, 2.45) is 0 Å². The molecule has 9 heteroatoms. The largest absolute Gasteiger partial charge is 0.469 e.